The molecular weight excluding hydrogens is 1880 g/mol. The Bertz CT molecular complexity index is 8140. The average Bonchev–Trinajstić information content (AvgIpc) is 1.31. The number of nitrogens with zero attached hydrogens (tertiary/aromatic N) is 15. The van der Waals surface area contributed by atoms with E-state index in [4.69, 9.17) is 92.4 Å². The zero-order valence-corrected chi connectivity index (χ0v) is 78.7. The predicted molar refractivity (Wildman–Crippen MR) is 548 cm³/mol. The van der Waals surface area contributed by atoms with Crippen molar-refractivity contribution in [3.8, 4) is 113 Å². The van der Waals surface area contributed by atoms with Gasteiger partial charge in [-0.1, -0.05) is 210 Å². The lowest BCUT2D eigenvalue weighted by Crippen LogP contribution is -2.41. The summed E-state index contributed by atoms with van der Waals surface area (Å²) in [4.78, 5) is 107. The van der Waals surface area contributed by atoms with Gasteiger partial charge in [-0.25, -0.2) is 49.8 Å². The number of nitrogen functional groups attached to an aromatic ring is 5. The summed E-state index contributed by atoms with van der Waals surface area (Å²) in [5.74, 6) is -1.94. The van der Waals surface area contributed by atoms with Gasteiger partial charge in [-0.3, -0.25) is 49.5 Å². The number of nitrogens with two attached hydrogens (primary N) is 6. The van der Waals surface area contributed by atoms with Gasteiger partial charge in [-0.05, 0) is 101 Å². The van der Waals surface area contributed by atoms with Crippen LogP contribution in [0.25, 0.3) is 167 Å². The van der Waals surface area contributed by atoms with Gasteiger partial charge in [-0.15, -0.1) is 0 Å². The van der Waals surface area contributed by atoms with E-state index in [0.717, 1.165) is 106 Å². The van der Waals surface area contributed by atoms with E-state index in [9.17, 15) is 24.0 Å². The third-order valence-corrected chi connectivity index (χ3v) is 23.3. The summed E-state index contributed by atoms with van der Waals surface area (Å²) >= 11 is 32.0. The lowest BCUT2D eigenvalue weighted by molar-refractivity contribution is 0.0911. The van der Waals surface area contributed by atoms with Crippen molar-refractivity contribution in [1.82, 2.24) is 122 Å². The highest BCUT2D eigenvalue weighted by Gasteiger charge is 2.31. The van der Waals surface area contributed by atoms with E-state index in [-0.39, 0.29) is 81.3 Å². The molecule has 10 aromatic heterocycles. The van der Waals surface area contributed by atoms with Crippen molar-refractivity contribution in [2.24, 2.45) is 5.73 Å². The van der Waals surface area contributed by atoms with Crippen LogP contribution in [0.4, 0.5) is 29.1 Å². The number of primary amides is 1. The number of H-pyrrole nitrogens is 5. The lowest BCUT2D eigenvalue weighted by Gasteiger charge is -2.21. The second-order valence-electron chi connectivity index (χ2n) is 32.8. The fourth-order valence-electron chi connectivity index (χ4n) is 15.1. The molecule has 1 aliphatic carbocycles. The molecule has 21 rings (SSSR count). The van der Waals surface area contributed by atoms with Crippen LogP contribution >= 0.6 is 58.0 Å². The minimum atomic E-state index is -0.744. The molecular formula is C100H83Cl5N30O5. The Labute approximate surface area is 821 Å². The number of nitrogens with one attached hydrogen (secondary N) is 9. The molecule has 1 aliphatic rings. The maximum Gasteiger partial charge on any atom is 0.274 e. The highest BCUT2D eigenvalue weighted by molar-refractivity contribution is 6.37. The SMILES string of the molecule is CC(C)(C)NC(=O)c1nc(-c2cc(Cl)c3[nH]ncc3c2)c(-c2ccccc2)nc1N.CCNC(=O)c1nc(-c2cc(Cl)c3[nH]ncc3c2)c(-c2ccccc2)nc1N.CNC(=O)c1nc(-c2cc(Cl)c3[nH]ncc3c2)c(-c2ccccc2)nc1N.NC(=O)c1nc(-c2cc(Cl)c3[nH]ncc3c2)c(-c2ccccc2)nc1N.Nc1nc(-c2ccccc2)c(-c2cc(Cl)c3[nH]ncc3c2)nc1C(=O)NC1CC1. The van der Waals surface area contributed by atoms with Crippen molar-refractivity contribution < 1.29 is 24.0 Å². The van der Waals surface area contributed by atoms with Gasteiger partial charge in [0.25, 0.3) is 29.5 Å². The molecule has 10 aromatic carbocycles. The molecule has 10 heterocycles. The lowest BCUT2D eigenvalue weighted by atomic mass is 10.0. The van der Waals surface area contributed by atoms with Gasteiger partial charge in [0.2, 0.25) is 0 Å². The minimum Gasteiger partial charge on any atom is -0.382 e. The summed E-state index contributed by atoms with van der Waals surface area (Å²) in [6.45, 7) is 7.96. The van der Waals surface area contributed by atoms with Crippen molar-refractivity contribution >= 4 is 171 Å². The van der Waals surface area contributed by atoms with E-state index in [0.29, 0.717) is 105 Å². The molecule has 40 heteroatoms. The molecule has 35 nitrogen and oxygen atoms in total. The van der Waals surface area contributed by atoms with Gasteiger partial charge in [0.1, 0.15) is 0 Å². The second kappa shape index (κ2) is 40.7. The Morgan fingerprint density at radius 2 is 0.550 bits per heavy atom. The van der Waals surface area contributed by atoms with Crippen molar-refractivity contribution in [3.63, 3.8) is 0 Å². The van der Waals surface area contributed by atoms with E-state index >= 15 is 0 Å². The summed E-state index contributed by atoms with van der Waals surface area (Å²) in [5.41, 5.74) is 52.2. The molecule has 0 radical (unpaired) electrons. The standard InChI is InChI=1S/C22H21ClN6O.C21H17ClN6O.C20H17ClN6O.C19H15ClN6O.C18H13ClN6O/c1-22(2,3)28-21(30)19-20(24)27-17(12-7-5-4-6-8-12)18(26-19)13-9-14-11-25-29-16(14)15(23)10-13;22-15-9-12(8-13-10-24-28-16(13)15)18-17(11-4-2-1-3-5-11)27-20(23)19(26-18)21(29)25-14-6-7-14;1-2-23-20(28)18-19(22)26-16(11-6-4-3-5-7-11)17(25-18)12-8-13-10-24-27-15(13)14(21)9-12;1-22-19(27)17-18(21)25-15(10-5-3-2-4-6-10)16(24-17)11-7-12-9-23-26-14(12)13(20)8-11;19-12-7-10(6-11-8-22-25-13(11)12)15-14(9-4-2-1-3-5-9)24-17(20)16(23-15)18(21)26/h4-11H,1-3H3,(H2,24,27)(H,25,29)(H,28,30);1-5,8-10,14H,6-7H2,(H2,23,27)(H,24,28)(H,25,29);3-10H,2H2,1H3,(H2,22,26)(H,23,28)(H,24,27);2-9H,1H3,(H2,21,25)(H,22,27)(H,23,26);1-8H,(H2,20,24)(H2,21,26)(H,22,25). The first-order valence-electron chi connectivity index (χ1n) is 43.3. The number of aromatic nitrogens is 20. The summed E-state index contributed by atoms with van der Waals surface area (Å²) < 4.78 is 0. The Kier molecular flexibility index (Phi) is 27.5. The van der Waals surface area contributed by atoms with Gasteiger partial charge in [-0.2, -0.15) is 25.5 Å². The molecule has 1 fully saturated rings. The molecule has 140 heavy (non-hydrogen) atoms. The number of halogens is 5. The molecule has 0 aliphatic heterocycles. The third kappa shape index (κ3) is 20.6. The predicted octanol–water partition coefficient (Wildman–Crippen LogP) is 18.2. The number of anilines is 5. The monoisotopic (exact) mass is 1960 g/mol. The molecule has 0 unspecified atom stereocenters. The molecule has 20 aromatic rings. The van der Waals surface area contributed by atoms with Crippen LogP contribution in [0, 0.1) is 0 Å². The van der Waals surface area contributed by atoms with E-state index in [1.54, 1.807) is 61.3 Å². The second-order valence-corrected chi connectivity index (χ2v) is 34.9. The van der Waals surface area contributed by atoms with Crippen LogP contribution in [0.5, 0.6) is 0 Å². The zero-order valence-electron chi connectivity index (χ0n) is 74.9. The maximum atomic E-state index is 12.8. The molecule has 5 amide bonds. The minimum absolute atomic E-state index is 0.0180. The third-order valence-electron chi connectivity index (χ3n) is 21.8. The summed E-state index contributed by atoms with van der Waals surface area (Å²) in [6.07, 6.45) is 10.3. The fraction of sp³-hybridized carbons (Fsp3) is 0.100. The molecule has 21 N–H and O–H groups in total. The quantitative estimate of drug-likeness (QED) is 0.0402. The van der Waals surface area contributed by atoms with Crippen molar-refractivity contribution in [2.45, 2.75) is 52.1 Å². The number of carbonyl (C=O) groups excluding carboxylic acids is 5. The molecule has 1 saturated carbocycles. The van der Waals surface area contributed by atoms with Gasteiger partial charge in [0.15, 0.2) is 57.6 Å². The summed E-state index contributed by atoms with van der Waals surface area (Å²) in [5, 5.41) is 52.2. The van der Waals surface area contributed by atoms with Crippen LogP contribution in [0.2, 0.25) is 25.1 Å². The van der Waals surface area contributed by atoms with Crippen LogP contribution in [-0.4, -0.2) is 156 Å². The number of amides is 5. The molecule has 0 saturated heterocycles. The van der Waals surface area contributed by atoms with Gasteiger partial charge >= 0.3 is 0 Å². The summed E-state index contributed by atoms with van der Waals surface area (Å²) in [7, 11) is 1.52. The van der Waals surface area contributed by atoms with E-state index in [2.05, 4.69) is 122 Å². The maximum absolute atomic E-state index is 12.8. The number of rotatable bonds is 17. The van der Waals surface area contributed by atoms with Crippen molar-refractivity contribution in [1.29, 1.82) is 0 Å². The number of benzene rings is 10. The molecule has 698 valence electrons. The summed E-state index contributed by atoms with van der Waals surface area (Å²) in [6, 6.07) is 66.2. The van der Waals surface area contributed by atoms with E-state index in [1.807, 2.05) is 210 Å². The van der Waals surface area contributed by atoms with E-state index in [1.165, 1.54) is 7.05 Å². The Morgan fingerprint density at radius 3 is 0.786 bits per heavy atom. The van der Waals surface area contributed by atoms with E-state index < -0.39 is 17.4 Å². The average molecular weight is 1960 g/mol. The van der Waals surface area contributed by atoms with Crippen LogP contribution in [-0.2, 0) is 0 Å². The molecule has 0 atom stereocenters. The first-order chi connectivity index (χ1) is 67.5. The first-order valence-corrected chi connectivity index (χ1v) is 45.2. The largest absolute Gasteiger partial charge is 0.382 e. The van der Waals surface area contributed by atoms with Crippen LogP contribution in [0.3, 0.4) is 0 Å². The zero-order chi connectivity index (χ0) is 98.3. The Morgan fingerprint density at radius 1 is 0.321 bits per heavy atom. The fourth-order valence-corrected chi connectivity index (χ4v) is 16.4. The van der Waals surface area contributed by atoms with Gasteiger partial charge in [0.05, 0.1) is 141 Å². The number of fused-ring (bicyclic) bond motifs is 5. The number of carbonyl (C=O) groups is 5. The topological polar surface area (TPSA) is 562 Å². The van der Waals surface area contributed by atoms with Crippen molar-refractivity contribution in [2.75, 3.05) is 42.3 Å². The highest BCUT2D eigenvalue weighted by atomic mass is 35.5. The van der Waals surface area contributed by atoms with Crippen molar-refractivity contribution in [3.05, 3.63) is 297 Å². The normalized spacial score (nSPS) is 11.6. The van der Waals surface area contributed by atoms with Crippen LogP contribution < -0.4 is 55.7 Å². The number of hydrogen-bond acceptors (Lipinski definition) is 25. The smallest absolute Gasteiger partial charge is 0.274 e. The first kappa shape index (κ1) is 94.5. The molecule has 0 spiro atoms. The van der Waals surface area contributed by atoms with Gasteiger partial charge in [0, 0.05) is 108 Å². The Hall–Kier alpha value is -17.3. The Balaban J connectivity index is 0.000000121. The highest BCUT2D eigenvalue weighted by Crippen LogP contribution is 2.43. The molecule has 0 bridgehead atoms. The van der Waals surface area contributed by atoms with Crippen LogP contribution in [0.15, 0.2) is 243 Å². The number of aromatic amines is 5. The van der Waals surface area contributed by atoms with Crippen LogP contribution in [0.1, 0.15) is 93.0 Å². The van der Waals surface area contributed by atoms with Gasteiger partial charge < -0.3 is 55.7 Å². The number of hydrogen-bond donors (Lipinski definition) is 15.